The van der Waals surface area contributed by atoms with Crippen molar-refractivity contribution in [1.29, 1.82) is 0 Å². The number of rotatable bonds is 3. The van der Waals surface area contributed by atoms with Crippen LogP contribution in [-0.2, 0) is 0 Å². The smallest absolute Gasteiger partial charge is 0.254 e. The number of nitrogens with zero attached hydrogens (tertiary/aromatic N) is 1. The van der Waals surface area contributed by atoms with E-state index in [2.05, 4.69) is 22.1 Å². The van der Waals surface area contributed by atoms with E-state index in [0.717, 1.165) is 0 Å². The summed E-state index contributed by atoms with van der Waals surface area (Å²) in [6, 6.07) is 11.4. The van der Waals surface area contributed by atoms with Crippen LogP contribution in [0.3, 0.4) is 0 Å². The van der Waals surface area contributed by atoms with E-state index < -0.39 is 11.4 Å². The zero-order valence-corrected chi connectivity index (χ0v) is 16.4. The first-order valence-corrected chi connectivity index (χ1v) is 8.90. The van der Waals surface area contributed by atoms with Gasteiger partial charge in [-0.15, -0.1) is 0 Å². The van der Waals surface area contributed by atoms with Gasteiger partial charge in [-0.1, -0.05) is 35.6 Å². The third kappa shape index (κ3) is 4.41. The third-order valence-electron chi connectivity index (χ3n) is 4.02. The summed E-state index contributed by atoms with van der Waals surface area (Å²) in [6.45, 7) is 3.56. The van der Waals surface area contributed by atoms with Crippen molar-refractivity contribution in [2.75, 3.05) is 7.11 Å². The molecule has 0 atom stereocenters. The van der Waals surface area contributed by atoms with Crippen molar-refractivity contribution in [2.45, 2.75) is 19.4 Å². The standard InChI is InChI=1S/C22H18ClFN2O2/c1-22(2,10-9-14-12-17(23)7-8-19(14)28-3)26-21(27)16-11-15-5-4-6-18(24)20(15)25-13-16/h4-8,11-13H,1-3H3,(H,26,27). The lowest BCUT2D eigenvalue weighted by atomic mass is 10.0. The summed E-state index contributed by atoms with van der Waals surface area (Å²) in [4.78, 5) is 16.7. The Balaban J connectivity index is 1.83. The van der Waals surface area contributed by atoms with Gasteiger partial charge in [-0.2, -0.15) is 0 Å². The first-order valence-electron chi connectivity index (χ1n) is 8.52. The van der Waals surface area contributed by atoms with Crippen LogP contribution in [0.25, 0.3) is 10.9 Å². The number of methoxy groups -OCH3 is 1. The number of para-hydroxylation sites is 1. The number of nitrogens with one attached hydrogen (secondary N) is 1. The average Bonchev–Trinajstić information content (AvgIpc) is 2.66. The Labute approximate surface area is 167 Å². The molecule has 0 bridgehead atoms. The largest absolute Gasteiger partial charge is 0.495 e. The van der Waals surface area contributed by atoms with Crippen LogP contribution >= 0.6 is 11.6 Å². The minimum Gasteiger partial charge on any atom is -0.495 e. The molecule has 2 aromatic carbocycles. The Morgan fingerprint density at radius 2 is 2.04 bits per heavy atom. The van der Waals surface area contributed by atoms with Crippen molar-refractivity contribution >= 4 is 28.4 Å². The first-order chi connectivity index (χ1) is 13.3. The second-order valence-corrected chi connectivity index (χ2v) is 7.15. The first kappa shape index (κ1) is 19.7. The fraction of sp³-hybridized carbons (Fsp3) is 0.182. The van der Waals surface area contributed by atoms with Gasteiger partial charge in [0.1, 0.15) is 17.1 Å². The fourth-order valence-corrected chi connectivity index (χ4v) is 2.81. The molecule has 0 unspecified atom stereocenters. The maximum Gasteiger partial charge on any atom is 0.254 e. The van der Waals surface area contributed by atoms with Crippen LogP contribution in [0.4, 0.5) is 4.39 Å². The van der Waals surface area contributed by atoms with Gasteiger partial charge in [0.05, 0.1) is 23.8 Å². The number of benzene rings is 2. The predicted molar refractivity (Wildman–Crippen MR) is 108 cm³/mol. The summed E-state index contributed by atoms with van der Waals surface area (Å²) in [5.74, 6) is 5.84. The SMILES string of the molecule is COc1ccc(Cl)cc1C#CC(C)(C)NC(=O)c1cnc2c(F)cccc2c1. The van der Waals surface area contributed by atoms with Gasteiger partial charge in [-0.25, -0.2) is 4.39 Å². The molecule has 4 nitrogen and oxygen atoms in total. The van der Waals surface area contributed by atoms with Crippen LogP contribution in [0.15, 0.2) is 48.7 Å². The van der Waals surface area contributed by atoms with Crippen LogP contribution in [0.2, 0.25) is 5.02 Å². The van der Waals surface area contributed by atoms with Gasteiger partial charge in [0, 0.05) is 16.6 Å². The summed E-state index contributed by atoms with van der Waals surface area (Å²) >= 11 is 6.02. The van der Waals surface area contributed by atoms with E-state index in [1.165, 1.54) is 12.3 Å². The zero-order chi connectivity index (χ0) is 20.3. The van der Waals surface area contributed by atoms with E-state index in [9.17, 15) is 9.18 Å². The molecular formula is C22H18ClFN2O2. The van der Waals surface area contributed by atoms with Crippen molar-refractivity contribution in [1.82, 2.24) is 10.3 Å². The Hall–Kier alpha value is -3.10. The molecule has 6 heteroatoms. The molecule has 0 spiro atoms. The number of pyridine rings is 1. The van der Waals surface area contributed by atoms with E-state index in [4.69, 9.17) is 16.3 Å². The monoisotopic (exact) mass is 396 g/mol. The molecule has 0 radical (unpaired) electrons. The highest BCUT2D eigenvalue weighted by atomic mass is 35.5. The summed E-state index contributed by atoms with van der Waals surface area (Å²) < 4.78 is 19.0. The molecule has 3 rings (SSSR count). The summed E-state index contributed by atoms with van der Waals surface area (Å²) in [7, 11) is 1.55. The van der Waals surface area contributed by atoms with Crippen LogP contribution in [0, 0.1) is 17.7 Å². The van der Waals surface area contributed by atoms with Crippen molar-refractivity contribution < 1.29 is 13.9 Å². The lowest BCUT2D eigenvalue weighted by molar-refractivity contribution is 0.0929. The lowest BCUT2D eigenvalue weighted by Crippen LogP contribution is -2.42. The molecule has 0 aliphatic rings. The molecule has 142 valence electrons. The van der Waals surface area contributed by atoms with Crippen LogP contribution in [-0.4, -0.2) is 23.5 Å². The van der Waals surface area contributed by atoms with Crippen LogP contribution < -0.4 is 10.1 Å². The summed E-state index contributed by atoms with van der Waals surface area (Å²) in [5.41, 5.74) is 0.348. The second kappa shape index (κ2) is 7.87. The number of carbonyl (C=O) groups excluding carboxylic acids is 1. The van der Waals surface area contributed by atoms with Crippen molar-refractivity contribution in [3.8, 4) is 17.6 Å². The van der Waals surface area contributed by atoms with Crippen molar-refractivity contribution in [3.05, 3.63) is 70.6 Å². The van der Waals surface area contributed by atoms with E-state index >= 15 is 0 Å². The Morgan fingerprint density at radius 3 is 2.79 bits per heavy atom. The highest BCUT2D eigenvalue weighted by Crippen LogP contribution is 2.22. The molecule has 0 saturated carbocycles. The number of carbonyl (C=O) groups is 1. The molecule has 1 N–H and O–H groups in total. The maximum absolute atomic E-state index is 13.7. The lowest BCUT2D eigenvalue weighted by Gasteiger charge is -2.20. The van der Waals surface area contributed by atoms with Gasteiger partial charge < -0.3 is 10.1 Å². The van der Waals surface area contributed by atoms with Crippen LogP contribution in [0.1, 0.15) is 29.8 Å². The Morgan fingerprint density at radius 1 is 1.25 bits per heavy atom. The summed E-state index contributed by atoms with van der Waals surface area (Å²) in [6.07, 6.45) is 1.35. The fourth-order valence-electron chi connectivity index (χ4n) is 2.64. The zero-order valence-electron chi connectivity index (χ0n) is 15.6. The van der Waals surface area contributed by atoms with Gasteiger partial charge in [0.2, 0.25) is 0 Å². The van der Waals surface area contributed by atoms with Crippen molar-refractivity contribution in [3.63, 3.8) is 0 Å². The molecule has 28 heavy (non-hydrogen) atoms. The molecule has 3 aromatic rings. The molecular weight excluding hydrogens is 379 g/mol. The quantitative estimate of drug-likeness (QED) is 0.658. The second-order valence-electron chi connectivity index (χ2n) is 6.71. The van der Waals surface area contributed by atoms with E-state index in [1.807, 2.05) is 0 Å². The van der Waals surface area contributed by atoms with Gasteiger partial charge in [0.15, 0.2) is 0 Å². The Kier molecular flexibility index (Phi) is 5.53. The summed E-state index contributed by atoms with van der Waals surface area (Å²) in [5, 5.41) is 3.95. The highest BCUT2D eigenvalue weighted by Gasteiger charge is 2.19. The molecule has 0 aliphatic carbocycles. The number of hydrogen-bond acceptors (Lipinski definition) is 3. The van der Waals surface area contributed by atoms with E-state index in [1.54, 1.807) is 57.4 Å². The van der Waals surface area contributed by atoms with Crippen molar-refractivity contribution in [2.24, 2.45) is 0 Å². The molecule has 1 aromatic heterocycles. The minimum absolute atomic E-state index is 0.228. The average molecular weight is 397 g/mol. The Bertz CT molecular complexity index is 1120. The number of ether oxygens (including phenoxy) is 1. The number of hydrogen-bond donors (Lipinski definition) is 1. The highest BCUT2D eigenvalue weighted by molar-refractivity contribution is 6.30. The number of halogens is 2. The number of aromatic nitrogens is 1. The van der Waals surface area contributed by atoms with Gasteiger partial charge >= 0.3 is 0 Å². The van der Waals surface area contributed by atoms with Crippen LogP contribution in [0.5, 0.6) is 5.75 Å². The normalized spacial score (nSPS) is 10.9. The predicted octanol–water partition coefficient (Wildman–Crippen LogP) is 4.60. The molecule has 1 heterocycles. The molecule has 0 aliphatic heterocycles. The van der Waals surface area contributed by atoms with Gasteiger partial charge in [-0.3, -0.25) is 9.78 Å². The molecule has 0 fully saturated rings. The van der Waals surface area contributed by atoms with Gasteiger partial charge in [-0.05, 0) is 44.2 Å². The minimum atomic E-state index is -0.832. The topological polar surface area (TPSA) is 51.2 Å². The van der Waals surface area contributed by atoms with E-state index in [0.29, 0.717) is 27.3 Å². The van der Waals surface area contributed by atoms with E-state index in [-0.39, 0.29) is 11.4 Å². The maximum atomic E-state index is 13.7. The third-order valence-corrected chi connectivity index (χ3v) is 4.26. The molecule has 0 saturated heterocycles. The molecule has 1 amide bonds. The van der Waals surface area contributed by atoms with Gasteiger partial charge in [0.25, 0.3) is 5.91 Å². The number of amides is 1. The number of fused-ring (bicyclic) bond motifs is 1.